The van der Waals surface area contributed by atoms with Crippen molar-refractivity contribution in [3.8, 4) is 0 Å². The largest absolute Gasteiger partial charge is 0.522 e. The minimum Gasteiger partial charge on any atom is -0.295 e. The molecule has 14 heavy (non-hydrogen) atoms. The zero-order valence-electron chi connectivity index (χ0n) is 8.10. The molecule has 0 unspecified atom stereocenters. The first-order chi connectivity index (χ1) is 6.39. The van der Waals surface area contributed by atoms with E-state index in [-0.39, 0.29) is 5.54 Å². The summed E-state index contributed by atoms with van der Waals surface area (Å²) in [6, 6.07) is 0. The van der Waals surface area contributed by atoms with E-state index < -0.39 is 12.5 Å². The molecule has 0 aromatic rings. The quantitative estimate of drug-likeness (QED) is 0.656. The Bertz CT molecular complexity index is 231. The number of alkyl halides is 3. The molecule has 2 heterocycles. The van der Waals surface area contributed by atoms with Crippen molar-refractivity contribution in [2.24, 2.45) is 0 Å². The minimum absolute atomic E-state index is 0.0457. The molecule has 0 amide bonds. The molecule has 5 heteroatoms. The zero-order chi connectivity index (χ0) is 10.4. The second-order valence-corrected chi connectivity index (χ2v) is 4.44. The van der Waals surface area contributed by atoms with Gasteiger partial charge in [0, 0.05) is 12.1 Å². The lowest BCUT2D eigenvalue weighted by Gasteiger charge is -2.26. The maximum absolute atomic E-state index is 12.0. The summed E-state index contributed by atoms with van der Waals surface area (Å²) in [6.45, 7) is 3.37. The predicted molar refractivity (Wildman–Crippen MR) is 44.8 cm³/mol. The summed E-state index contributed by atoms with van der Waals surface area (Å²) in [4.78, 5) is 2.11. The lowest BCUT2D eigenvalue weighted by Crippen LogP contribution is -2.34. The lowest BCUT2D eigenvalue weighted by molar-refractivity contribution is -0.340. The van der Waals surface area contributed by atoms with Crippen LogP contribution in [0.3, 0.4) is 0 Å². The molecule has 0 bridgehead atoms. The van der Waals surface area contributed by atoms with Gasteiger partial charge in [0.2, 0.25) is 0 Å². The van der Waals surface area contributed by atoms with Crippen LogP contribution in [0.4, 0.5) is 13.2 Å². The Balaban J connectivity index is 1.95. The highest BCUT2D eigenvalue weighted by molar-refractivity contribution is 5.00. The van der Waals surface area contributed by atoms with Crippen LogP contribution in [0.2, 0.25) is 0 Å². The zero-order valence-corrected chi connectivity index (χ0v) is 8.10. The van der Waals surface area contributed by atoms with Gasteiger partial charge in [-0.25, -0.2) is 0 Å². The third-order valence-electron chi connectivity index (χ3n) is 3.30. The molecule has 2 nitrogen and oxygen atoms in total. The van der Waals surface area contributed by atoms with E-state index in [0.29, 0.717) is 13.0 Å². The highest BCUT2D eigenvalue weighted by Gasteiger charge is 2.48. The molecule has 0 radical (unpaired) electrons. The first-order valence-corrected chi connectivity index (χ1v) is 4.89. The predicted octanol–water partition coefficient (Wildman–Crippen LogP) is 2.15. The fourth-order valence-corrected chi connectivity index (χ4v) is 2.69. The highest BCUT2D eigenvalue weighted by atomic mass is 19.4. The van der Waals surface area contributed by atoms with Crippen LogP contribution in [0.15, 0.2) is 0 Å². The van der Waals surface area contributed by atoms with Crippen LogP contribution in [0.25, 0.3) is 0 Å². The van der Waals surface area contributed by atoms with Gasteiger partial charge in [-0.2, -0.15) is 0 Å². The number of nitrogens with zero attached hydrogens (tertiary/aromatic N) is 1. The standard InChI is InChI=1S/C9H14F3NO/c1-8-3-2-4-13(8)6-7(5-8)14-9(10,11)12/h7H,2-6H2,1H3/t7-,8+/m1/s1. The molecule has 2 aliphatic rings. The van der Waals surface area contributed by atoms with Gasteiger partial charge in [0.25, 0.3) is 0 Å². The normalized spacial score (nSPS) is 39.0. The molecule has 0 N–H and O–H groups in total. The summed E-state index contributed by atoms with van der Waals surface area (Å²) >= 11 is 0. The number of rotatable bonds is 1. The van der Waals surface area contributed by atoms with Crippen molar-refractivity contribution in [1.29, 1.82) is 0 Å². The van der Waals surface area contributed by atoms with Crippen LogP contribution in [0.5, 0.6) is 0 Å². The molecule has 82 valence electrons. The molecule has 2 aliphatic heterocycles. The monoisotopic (exact) mass is 209 g/mol. The van der Waals surface area contributed by atoms with E-state index in [4.69, 9.17) is 0 Å². The van der Waals surface area contributed by atoms with Gasteiger partial charge in [-0.1, -0.05) is 0 Å². The number of hydrogen-bond acceptors (Lipinski definition) is 2. The summed E-state index contributed by atoms with van der Waals surface area (Å²) in [6.07, 6.45) is -2.56. The molecular formula is C9H14F3NO. The van der Waals surface area contributed by atoms with Gasteiger partial charge in [-0.15, -0.1) is 13.2 Å². The SMILES string of the molecule is C[C@@]12CCCN1C[C@H](OC(F)(F)F)C2. The van der Waals surface area contributed by atoms with Crippen LogP contribution in [-0.4, -0.2) is 36.0 Å². The number of ether oxygens (including phenoxy) is 1. The van der Waals surface area contributed by atoms with E-state index in [1.54, 1.807) is 0 Å². The fraction of sp³-hybridized carbons (Fsp3) is 1.00. The highest BCUT2D eigenvalue weighted by Crippen LogP contribution is 2.40. The Morgan fingerprint density at radius 2 is 2.14 bits per heavy atom. The Morgan fingerprint density at radius 1 is 1.43 bits per heavy atom. The average Bonchev–Trinajstić information content (AvgIpc) is 2.38. The molecule has 2 atom stereocenters. The van der Waals surface area contributed by atoms with Gasteiger partial charge in [-0.05, 0) is 32.7 Å². The van der Waals surface area contributed by atoms with Crippen LogP contribution in [0, 0.1) is 0 Å². The number of halogens is 3. The van der Waals surface area contributed by atoms with Crippen molar-refractivity contribution >= 4 is 0 Å². The molecule has 0 saturated carbocycles. The Labute approximate surface area is 81.0 Å². The maximum atomic E-state index is 12.0. The Morgan fingerprint density at radius 3 is 2.71 bits per heavy atom. The average molecular weight is 209 g/mol. The van der Waals surface area contributed by atoms with Crippen LogP contribution in [-0.2, 0) is 4.74 Å². The third kappa shape index (κ3) is 1.88. The molecule has 0 spiro atoms. The summed E-state index contributed by atoms with van der Waals surface area (Å²) in [5.41, 5.74) is -0.0457. The lowest BCUT2D eigenvalue weighted by atomic mass is 9.96. The first kappa shape index (κ1) is 10.2. The van der Waals surface area contributed by atoms with Gasteiger partial charge in [0.1, 0.15) is 0 Å². The fourth-order valence-electron chi connectivity index (χ4n) is 2.69. The van der Waals surface area contributed by atoms with Gasteiger partial charge in [0.05, 0.1) is 6.10 Å². The van der Waals surface area contributed by atoms with E-state index in [2.05, 4.69) is 9.64 Å². The van der Waals surface area contributed by atoms with Crippen molar-refractivity contribution < 1.29 is 17.9 Å². The first-order valence-electron chi connectivity index (χ1n) is 4.89. The van der Waals surface area contributed by atoms with Gasteiger partial charge < -0.3 is 0 Å². The van der Waals surface area contributed by atoms with E-state index >= 15 is 0 Å². The van der Waals surface area contributed by atoms with Crippen molar-refractivity contribution in [1.82, 2.24) is 4.90 Å². The van der Waals surface area contributed by atoms with Gasteiger partial charge in [0.15, 0.2) is 0 Å². The third-order valence-corrected chi connectivity index (χ3v) is 3.30. The van der Waals surface area contributed by atoms with Gasteiger partial charge in [-0.3, -0.25) is 9.64 Å². The van der Waals surface area contributed by atoms with Crippen LogP contribution < -0.4 is 0 Å². The van der Waals surface area contributed by atoms with Gasteiger partial charge >= 0.3 is 6.36 Å². The van der Waals surface area contributed by atoms with Crippen LogP contribution >= 0.6 is 0 Å². The van der Waals surface area contributed by atoms with Crippen molar-refractivity contribution in [2.75, 3.05) is 13.1 Å². The number of hydrogen-bond donors (Lipinski definition) is 0. The molecule has 2 saturated heterocycles. The topological polar surface area (TPSA) is 12.5 Å². The van der Waals surface area contributed by atoms with E-state index in [1.165, 1.54) is 0 Å². The molecule has 2 fully saturated rings. The minimum atomic E-state index is -4.49. The van der Waals surface area contributed by atoms with Crippen molar-refractivity contribution in [2.45, 2.75) is 44.2 Å². The second-order valence-electron chi connectivity index (χ2n) is 4.44. The van der Waals surface area contributed by atoms with Crippen LogP contribution in [0.1, 0.15) is 26.2 Å². The Hall–Kier alpha value is -0.290. The number of fused-ring (bicyclic) bond motifs is 1. The molecule has 0 aromatic heterocycles. The summed E-state index contributed by atoms with van der Waals surface area (Å²) < 4.78 is 40.0. The van der Waals surface area contributed by atoms with Crippen molar-refractivity contribution in [3.63, 3.8) is 0 Å². The molecule has 0 aliphatic carbocycles. The molecular weight excluding hydrogens is 195 g/mol. The Kier molecular flexibility index (Phi) is 2.27. The van der Waals surface area contributed by atoms with E-state index in [1.807, 2.05) is 6.92 Å². The summed E-state index contributed by atoms with van der Waals surface area (Å²) in [7, 11) is 0. The summed E-state index contributed by atoms with van der Waals surface area (Å²) in [5.74, 6) is 0. The summed E-state index contributed by atoms with van der Waals surface area (Å²) in [5, 5.41) is 0. The van der Waals surface area contributed by atoms with E-state index in [9.17, 15) is 13.2 Å². The second kappa shape index (κ2) is 3.10. The molecule has 0 aromatic carbocycles. The molecule has 2 rings (SSSR count). The van der Waals surface area contributed by atoms with E-state index in [0.717, 1.165) is 19.4 Å². The van der Waals surface area contributed by atoms with Crippen molar-refractivity contribution in [3.05, 3.63) is 0 Å². The smallest absolute Gasteiger partial charge is 0.295 e. The maximum Gasteiger partial charge on any atom is 0.522 e.